The fraction of sp³-hybridized carbons (Fsp3) is 0.600. The van der Waals surface area contributed by atoms with Gasteiger partial charge in [-0.05, 0) is 51.5 Å². The number of aromatic hydroxyl groups is 2. The van der Waals surface area contributed by atoms with E-state index in [9.17, 15) is 58.5 Å². The van der Waals surface area contributed by atoms with Crippen molar-refractivity contribution in [3.63, 3.8) is 0 Å². The number of ether oxygens (including phenoxy) is 4. The fourth-order valence-corrected chi connectivity index (χ4v) is 12.6. The van der Waals surface area contributed by atoms with Gasteiger partial charge in [0, 0.05) is 99.4 Å². The van der Waals surface area contributed by atoms with E-state index in [0.29, 0.717) is 44.5 Å². The first kappa shape index (κ1) is 63.2. The summed E-state index contributed by atoms with van der Waals surface area (Å²) in [6.45, 7) is 6.66. The Morgan fingerprint density at radius 3 is 2.25 bits per heavy atom. The zero-order chi connectivity index (χ0) is 56.7. The summed E-state index contributed by atoms with van der Waals surface area (Å²) in [4.78, 5) is 120. The number of methoxy groups -OCH3 is 2. The maximum absolute atomic E-state index is 13.5. The van der Waals surface area contributed by atoms with Crippen molar-refractivity contribution < 1.29 is 136 Å². The van der Waals surface area contributed by atoms with Gasteiger partial charge in [-0.1, -0.05) is 31.9 Å². The molecule has 25 heteroatoms. The van der Waals surface area contributed by atoms with E-state index in [2.05, 4.69) is 33.1 Å². The maximum atomic E-state index is 13.5. The van der Waals surface area contributed by atoms with Gasteiger partial charge in [0.05, 0.1) is 67.5 Å². The van der Waals surface area contributed by atoms with Gasteiger partial charge < -0.3 is 72.2 Å². The topological polar surface area (TPSA) is 309 Å². The molecule has 6 atom stereocenters. The number of nitrogens with zero attached hydrogens (tertiary/aromatic N) is 3. The van der Waals surface area contributed by atoms with Crippen molar-refractivity contribution in [2.45, 2.75) is 120 Å². The van der Waals surface area contributed by atoms with Crippen molar-refractivity contribution in [2.75, 3.05) is 79.8 Å². The standard InChI is InChI=1S/C44H51N6O12S.C11H21NO4.Rb/c1-3-4-5-13-63-29-15-33(54)50(43(29)61)12-11-30(51)45-18-31(52)46-19-32(53)47-20-34(55)49-21-44(22-49)16-24(17-44)48-42(60)23-9-10-25-27(14-23)40(58)36-37(38(25)56)41(59)35-26(39(36)57)7-6-8-28(35)62-2;1-8-11(13)9(3-5-15-8)12-4-6-16-10(7-12)14-2;/h6-8,13,23-24,29,56,58H,3-5,9-12,14-22H2,1-2H3,(H,45,51)(H,46,52)(H,47,53)(H,48,60);8-11,13H,3-7H2,1-2H3;/q-1;;+1/t23-,29?;8-,9?,10?,11+;/m00./s1. The summed E-state index contributed by atoms with van der Waals surface area (Å²) in [5.41, 5.74) is -0.0107. The van der Waals surface area contributed by atoms with Crippen molar-refractivity contribution >= 4 is 64.7 Å². The van der Waals surface area contributed by atoms with Crippen molar-refractivity contribution in [3.05, 3.63) is 57.3 Å². The summed E-state index contributed by atoms with van der Waals surface area (Å²) in [7, 11) is 3.02. The van der Waals surface area contributed by atoms with Gasteiger partial charge in [-0.2, -0.15) is 6.42 Å². The molecule has 4 aliphatic heterocycles. The van der Waals surface area contributed by atoms with Crippen LogP contribution in [0.1, 0.15) is 115 Å². The number of hydrogen-bond donors (Lipinski definition) is 7. The molecule has 3 aliphatic carbocycles. The Balaban J connectivity index is 0.000000465. The molecular weight excluding hydrogens is 1130 g/mol. The number of phenols is 2. The largest absolute Gasteiger partial charge is 1.00 e. The molecule has 2 aromatic rings. The number of morpholine rings is 1. The molecule has 7 aliphatic rings. The van der Waals surface area contributed by atoms with E-state index < -0.39 is 65.4 Å². The van der Waals surface area contributed by atoms with Crippen LogP contribution in [0.2, 0.25) is 0 Å². The molecule has 5 fully saturated rings. The Hall–Kier alpha value is -4.37. The number of amides is 7. The Labute approximate surface area is 517 Å². The molecule has 0 bridgehead atoms. The monoisotopic (exact) mass is 1200 g/mol. The third-order valence-electron chi connectivity index (χ3n) is 16.0. The number of fused-ring (bicyclic) bond motifs is 3. The summed E-state index contributed by atoms with van der Waals surface area (Å²) in [6, 6.07) is 4.61. The molecule has 23 nitrogen and oxygen atoms in total. The SMILES string of the molecule is CCCC[CH-]SC1CC(=O)N(CCC(=O)NCC(=O)NCC(=O)NCC(=O)N2CC3(CC(NC(=O)[C@H]4CCc5c(O)c6c(c(O)c5C4)C(=O)c4cccc(OC)c4C6=O)C3)C2)C1=O.COC1CN(C2CCO[C@@H](C)[C@H]2O)CCO1.[Rb+]. The van der Waals surface area contributed by atoms with E-state index in [-0.39, 0.29) is 190 Å². The number of aliphatic hydroxyl groups is 1. The van der Waals surface area contributed by atoms with Crippen molar-refractivity contribution in [1.82, 2.24) is 36.0 Å². The van der Waals surface area contributed by atoms with E-state index in [1.165, 1.54) is 24.9 Å². The molecule has 430 valence electrons. The number of carbonyl (C=O) groups excluding carboxylic acids is 9. The Morgan fingerprint density at radius 2 is 1.55 bits per heavy atom. The molecule has 3 unspecified atom stereocenters. The molecular formula is C55H72N7O16RbS. The number of carbonyl (C=O) groups is 9. The van der Waals surface area contributed by atoms with Crippen LogP contribution in [0.3, 0.4) is 0 Å². The quantitative estimate of drug-likeness (QED) is 0.0292. The van der Waals surface area contributed by atoms with Gasteiger partial charge in [0.2, 0.25) is 47.1 Å². The zero-order valence-corrected chi connectivity index (χ0v) is 51.8. The molecule has 4 saturated heterocycles. The van der Waals surface area contributed by atoms with Crippen molar-refractivity contribution in [3.8, 4) is 17.2 Å². The molecule has 80 heavy (non-hydrogen) atoms. The van der Waals surface area contributed by atoms with Crippen LogP contribution in [0.4, 0.5) is 0 Å². The zero-order valence-electron chi connectivity index (χ0n) is 46.1. The Morgan fingerprint density at radius 1 is 0.863 bits per heavy atom. The van der Waals surface area contributed by atoms with E-state index in [1.54, 1.807) is 24.1 Å². The Kier molecular flexibility index (Phi) is 22.3. The van der Waals surface area contributed by atoms with Crippen molar-refractivity contribution in [1.29, 1.82) is 0 Å². The van der Waals surface area contributed by atoms with E-state index in [0.717, 1.165) is 50.3 Å². The van der Waals surface area contributed by atoms with Gasteiger partial charge in [-0.15, -0.1) is 0 Å². The molecule has 1 saturated carbocycles. The minimum absolute atomic E-state index is 0. The number of hydrogen-bond acceptors (Lipinski definition) is 18. The number of likely N-dealkylation sites (tertiary alicyclic amines) is 2. The summed E-state index contributed by atoms with van der Waals surface area (Å²) >= 11 is 1.34. The van der Waals surface area contributed by atoms with Crippen LogP contribution in [-0.4, -0.2) is 199 Å². The summed E-state index contributed by atoms with van der Waals surface area (Å²) in [5.74, 6) is -3.42. The predicted octanol–water partition coefficient (Wildman–Crippen LogP) is -2.12. The first-order valence-electron chi connectivity index (χ1n) is 27.1. The number of phenolic OH excluding ortho intramolecular Hbond substituents is 2. The first-order chi connectivity index (χ1) is 37.9. The van der Waals surface area contributed by atoms with Gasteiger partial charge in [-0.3, -0.25) is 58.7 Å². The van der Waals surface area contributed by atoms with Gasteiger partial charge in [0.25, 0.3) is 0 Å². The molecule has 7 amide bonds. The molecule has 9 rings (SSSR count). The number of thioether (sulfide) groups is 1. The molecule has 0 aromatic heterocycles. The minimum Gasteiger partial charge on any atom is -0.507 e. The average molecular weight is 1200 g/mol. The number of ketones is 2. The van der Waals surface area contributed by atoms with E-state index >= 15 is 0 Å². The average Bonchev–Trinajstić information content (AvgIpc) is 3.79. The van der Waals surface area contributed by atoms with Crippen LogP contribution in [0.15, 0.2) is 18.2 Å². The summed E-state index contributed by atoms with van der Waals surface area (Å²) in [5, 5.41) is 42.5. The van der Waals surface area contributed by atoms with Crippen molar-refractivity contribution in [2.24, 2.45) is 11.3 Å². The fourth-order valence-electron chi connectivity index (χ4n) is 11.6. The summed E-state index contributed by atoms with van der Waals surface area (Å²) in [6.07, 6.45) is 4.92. The smallest absolute Gasteiger partial charge is 0.507 e. The maximum Gasteiger partial charge on any atom is 1.00 e. The van der Waals surface area contributed by atoms with E-state index in [1.807, 2.05) is 12.7 Å². The second kappa shape index (κ2) is 28.3. The molecule has 7 N–H and O–H groups in total. The van der Waals surface area contributed by atoms with Crippen LogP contribution >= 0.6 is 11.8 Å². The number of benzene rings is 2. The van der Waals surface area contributed by atoms with Gasteiger partial charge in [0.1, 0.15) is 17.2 Å². The molecule has 0 radical (unpaired) electrons. The van der Waals surface area contributed by atoms with Crippen LogP contribution in [0.25, 0.3) is 0 Å². The number of aliphatic hydroxyl groups excluding tert-OH is 1. The normalized spacial score (nSPS) is 23.9. The molecule has 1 spiro atoms. The minimum atomic E-state index is -0.639. The number of rotatable bonds is 19. The summed E-state index contributed by atoms with van der Waals surface area (Å²) < 4.78 is 21.4. The van der Waals surface area contributed by atoms with Gasteiger partial charge in [-0.25, -0.2) is 0 Å². The third-order valence-corrected chi connectivity index (χ3v) is 17.1. The molecule has 2 aromatic carbocycles. The van der Waals surface area contributed by atoms with Gasteiger partial charge in [0.15, 0.2) is 12.1 Å². The second-order valence-corrected chi connectivity index (χ2v) is 22.5. The van der Waals surface area contributed by atoms with Gasteiger partial charge >= 0.3 is 58.2 Å². The van der Waals surface area contributed by atoms with E-state index in [4.69, 9.17) is 18.9 Å². The molecule has 4 heterocycles. The van der Waals surface area contributed by atoms with Crippen LogP contribution in [0.5, 0.6) is 17.2 Å². The number of unbranched alkanes of at least 4 members (excludes halogenated alkanes) is 2. The second-order valence-electron chi connectivity index (χ2n) is 21.3. The third kappa shape index (κ3) is 14.3. The number of nitrogens with one attached hydrogen (secondary N) is 4. The Bertz CT molecular complexity index is 2700. The van der Waals surface area contributed by atoms with Crippen LogP contribution in [0, 0.1) is 17.1 Å². The predicted molar refractivity (Wildman–Crippen MR) is 284 cm³/mol. The first-order valence-corrected chi connectivity index (χ1v) is 28.0. The van der Waals surface area contributed by atoms with Crippen LogP contribution in [-0.2, 0) is 60.6 Å². The van der Waals surface area contributed by atoms with Crippen LogP contribution < -0.4 is 84.2 Å². The number of imide groups is 1.